The van der Waals surface area contributed by atoms with Gasteiger partial charge in [-0.05, 0) is 58.2 Å². The van der Waals surface area contributed by atoms with Gasteiger partial charge in [-0.15, -0.1) is 5.54 Å². The van der Waals surface area contributed by atoms with Crippen LogP contribution in [0.4, 0.5) is 5.69 Å². The van der Waals surface area contributed by atoms with E-state index in [1.54, 1.807) is 0 Å². The van der Waals surface area contributed by atoms with E-state index >= 15 is 0 Å². The Morgan fingerprint density at radius 3 is 2.00 bits per heavy atom. The maximum Gasteiger partial charge on any atom is 0.339 e. The first kappa shape index (κ1) is 19.3. The second kappa shape index (κ2) is 6.41. The standard InChI is InChI=1S/C19H29NO2Si/c1-12-15(10-11-23(7,8)9)13(2)17(20)14(3)16(12)18(21)22-19(4,5)6/h20H2,1-9H3. The molecule has 23 heavy (non-hydrogen) atoms. The summed E-state index contributed by atoms with van der Waals surface area (Å²) < 4.78 is 5.55. The third-order valence-corrected chi connectivity index (χ3v) is 4.35. The molecule has 0 atom stereocenters. The smallest absolute Gasteiger partial charge is 0.339 e. The fraction of sp³-hybridized carbons (Fsp3) is 0.526. The molecule has 0 spiro atoms. The van der Waals surface area contributed by atoms with E-state index < -0.39 is 13.7 Å². The number of hydrogen-bond acceptors (Lipinski definition) is 3. The first-order chi connectivity index (χ1) is 10.2. The zero-order valence-corrected chi connectivity index (χ0v) is 16.9. The average Bonchev–Trinajstić information content (AvgIpc) is 2.32. The van der Waals surface area contributed by atoms with Gasteiger partial charge < -0.3 is 10.5 Å². The lowest BCUT2D eigenvalue weighted by molar-refractivity contribution is 0.00680. The second-order valence-electron chi connectivity index (χ2n) is 8.04. The van der Waals surface area contributed by atoms with Crippen LogP contribution in [0.25, 0.3) is 0 Å². The fourth-order valence-corrected chi connectivity index (χ4v) is 2.81. The van der Waals surface area contributed by atoms with Crippen LogP contribution in [0.5, 0.6) is 0 Å². The summed E-state index contributed by atoms with van der Waals surface area (Å²) in [6, 6.07) is 0. The SMILES string of the molecule is Cc1c(N)c(C)c(C(=O)OC(C)(C)C)c(C)c1C#C[Si](C)(C)C. The summed E-state index contributed by atoms with van der Waals surface area (Å²) in [6.07, 6.45) is 0. The Hall–Kier alpha value is -1.73. The Morgan fingerprint density at radius 1 is 1.04 bits per heavy atom. The summed E-state index contributed by atoms with van der Waals surface area (Å²) in [5, 5.41) is 0. The molecule has 0 heterocycles. The number of carbonyl (C=O) groups excluding carboxylic acids is 1. The quantitative estimate of drug-likeness (QED) is 0.360. The minimum atomic E-state index is -1.52. The van der Waals surface area contributed by atoms with E-state index in [0.29, 0.717) is 11.3 Å². The molecule has 3 nitrogen and oxygen atoms in total. The van der Waals surface area contributed by atoms with Crippen LogP contribution in [0.1, 0.15) is 53.4 Å². The van der Waals surface area contributed by atoms with Gasteiger partial charge in [0, 0.05) is 11.3 Å². The topological polar surface area (TPSA) is 52.3 Å². The number of benzene rings is 1. The van der Waals surface area contributed by atoms with Crippen molar-refractivity contribution >= 4 is 19.7 Å². The number of ether oxygens (including phenoxy) is 1. The lowest BCUT2D eigenvalue weighted by Crippen LogP contribution is -2.25. The average molecular weight is 332 g/mol. The predicted octanol–water partition coefficient (Wildman–Crippen LogP) is 4.38. The molecule has 0 saturated carbocycles. The molecule has 0 aliphatic heterocycles. The molecule has 0 aromatic heterocycles. The zero-order chi connectivity index (χ0) is 18.2. The van der Waals surface area contributed by atoms with Crippen molar-refractivity contribution < 1.29 is 9.53 Å². The molecule has 0 saturated heterocycles. The number of esters is 1. The Labute approximate surface area is 141 Å². The van der Waals surface area contributed by atoms with Crippen molar-refractivity contribution in [2.24, 2.45) is 0 Å². The number of rotatable bonds is 1. The summed E-state index contributed by atoms with van der Waals surface area (Å²) in [7, 11) is -1.52. The molecular weight excluding hydrogens is 302 g/mol. The summed E-state index contributed by atoms with van der Waals surface area (Å²) >= 11 is 0. The van der Waals surface area contributed by atoms with Crippen LogP contribution in [0.2, 0.25) is 19.6 Å². The highest BCUT2D eigenvalue weighted by Crippen LogP contribution is 2.30. The van der Waals surface area contributed by atoms with Gasteiger partial charge in [-0.3, -0.25) is 0 Å². The van der Waals surface area contributed by atoms with E-state index in [1.807, 2.05) is 41.5 Å². The van der Waals surface area contributed by atoms with E-state index in [9.17, 15) is 4.79 Å². The van der Waals surface area contributed by atoms with Crippen LogP contribution in [-0.4, -0.2) is 19.6 Å². The summed E-state index contributed by atoms with van der Waals surface area (Å²) in [5.74, 6) is 2.93. The molecule has 4 heteroatoms. The third-order valence-electron chi connectivity index (χ3n) is 3.47. The van der Waals surface area contributed by atoms with Crippen molar-refractivity contribution in [1.82, 2.24) is 0 Å². The molecule has 1 rings (SSSR count). The molecule has 1 aromatic carbocycles. The number of nitrogen functional groups attached to an aromatic ring is 1. The lowest BCUT2D eigenvalue weighted by atomic mass is 9.91. The molecule has 0 fully saturated rings. The number of anilines is 1. The van der Waals surface area contributed by atoms with Crippen LogP contribution in [-0.2, 0) is 4.74 Å². The Morgan fingerprint density at radius 2 is 1.57 bits per heavy atom. The number of carbonyl (C=O) groups is 1. The van der Waals surface area contributed by atoms with E-state index in [0.717, 1.165) is 22.3 Å². The summed E-state index contributed by atoms with van der Waals surface area (Å²) in [5.41, 5.74) is 13.6. The lowest BCUT2D eigenvalue weighted by Gasteiger charge is -2.23. The Kier molecular flexibility index (Phi) is 5.38. The number of hydrogen-bond donors (Lipinski definition) is 1. The van der Waals surface area contributed by atoms with Crippen LogP contribution < -0.4 is 5.73 Å². The van der Waals surface area contributed by atoms with Crippen LogP contribution >= 0.6 is 0 Å². The second-order valence-corrected chi connectivity index (χ2v) is 12.8. The van der Waals surface area contributed by atoms with Crippen LogP contribution in [0.15, 0.2) is 0 Å². The molecule has 0 aliphatic rings. The fourth-order valence-electron chi connectivity index (χ4n) is 2.31. The number of nitrogens with two attached hydrogens (primary N) is 1. The van der Waals surface area contributed by atoms with Crippen molar-refractivity contribution in [1.29, 1.82) is 0 Å². The van der Waals surface area contributed by atoms with Gasteiger partial charge >= 0.3 is 5.97 Å². The highest BCUT2D eigenvalue weighted by Gasteiger charge is 2.25. The molecule has 0 bridgehead atoms. The molecule has 0 amide bonds. The van der Waals surface area contributed by atoms with Gasteiger partial charge in [0.2, 0.25) is 0 Å². The predicted molar refractivity (Wildman–Crippen MR) is 100 cm³/mol. The zero-order valence-electron chi connectivity index (χ0n) is 15.9. The van der Waals surface area contributed by atoms with E-state index in [4.69, 9.17) is 10.5 Å². The van der Waals surface area contributed by atoms with Crippen molar-refractivity contribution in [3.8, 4) is 11.5 Å². The van der Waals surface area contributed by atoms with Gasteiger partial charge in [0.1, 0.15) is 13.7 Å². The van der Waals surface area contributed by atoms with Gasteiger partial charge in [0.05, 0.1) is 5.56 Å². The van der Waals surface area contributed by atoms with Crippen molar-refractivity contribution in [2.75, 3.05) is 5.73 Å². The Balaban J connectivity index is 3.58. The molecule has 126 valence electrons. The summed E-state index contributed by atoms with van der Waals surface area (Å²) in [4.78, 5) is 12.6. The molecular formula is C19H29NO2Si. The van der Waals surface area contributed by atoms with Gasteiger partial charge in [0.25, 0.3) is 0 Å². The van der Waals surface area contributed by atoms with E-state index in [1.165, 1.54) is 0 Å². The first-order valence-corrected chi connectivity index (χ1v) is 11.4. The third kappa shape index (κ3) is 4.87. The molecule has 0 radical (unpaired) electrons. The molecule has 0 aliphatic carbocycles. The van der Waals surface area contributed by atoms with Crippen molar-refractivity contribution in [3.05, 3.63) is 27.8 Å². The van der Waals surface area contributed by atoms with Gasteiger partial charge in [-0.25, -0.2) is 4.79 Å². The minimum Gasteiger partial charge on any atom is -0.456 e. The van der Waals surface area contributed by atoms with Gasteiger partial charge in [-0.2, -0.15) is 0 Å². The Bertz CT molecular complexity index is 696. The maximum absolute atomic E-state index is 12.6. The highest BCUT2D eigenvalue weighted by atomic mass is 28.3. The summed E-state index contributed by atoms with van der Waals surface area (Å²) in [6.45, 7) is 17.9. The largest absolute Gasteiger partial charge is 0.456 e. The van der Waals surface area contributed by atoms with Crippen molar-refractivity contribution in [3.63, 3.8) is 0 Å². The van der Waals surface area contributed by atoms with Crippen LogP contribution in [0, 0.1) is 32.2 Å². The van der Waals surface area contributed by atoms with Crippen LogP contribution in [0.3, 0.4) is 0 Å². The normalized spacial score (nSPS) is 11.7. The highest BCUT2D eigenvalue weighted by molar-refractivity contribution is 6.83. The van der Waals surface area contributed by atoms with Gasteiger partial charge in [-0.1, -0.05) is 25.6 Å². The van der Waals surface area contributed by atoms with E-state index in [2.05, 4.69) is 31.1 Å². The maximum atomic E-state index is 12.6. The molecule has 1 aromatic rings. The van der Waals surface area contributed by atoms with Crippen molar-refractivity contribution in [2.45, 2.75) is 66.8 Å². The van der Waals surface area contributed by atoms with Gasteiger partial charge in [0.15, 0.2) is 0 Å². The molecule has 0 unspecified atom stereocenters. The minimum absolute atomic E-state index is 0.338. The van der Waals surface area contributed by atoms with E-state index in [-0.39, 0.29) is 5.97 Å². The first-order valence-electron chi connectivity index (χ1n) is 7.90. The molecule has 2 N–H and O–H groups in total. The monoisotopic (exact) mass is 331 g/mol.